The zero-order chi connectivity index (χ0) is 6.97. The van der Waals surface area contributed by atoms with Crippen molar-refractivity contribution in [2.75, 3.05) is 0 Å². The largest absolute Gasteiger partial charge is 0.359 e. The van der Waals surface area contributed by atoms with E-state index >= 15 is 0 Å². The molecule has 1 nitrogen and oxygen atoms in total. The predicted octanol–water partition coefficient (Wildman–Crippen LogP) is 2.06. The van der Waals surface area contributed by atoms with Gasteiger partial charge in [-0.25, -0.2) is 4.39 Å². The lowest BCUT2D eigenvalue weighted by molar-refractivity contribution is 0.633. The van der Waals surface area contributed by atoms with Crippen LogP contribution in [0.25, 0.3) is 11.1 Å². The zero-order valence-corrected chi connectivity index (χ0v) is 5.19. The molecule has 1 aliphatic carbocycles. The van der Waals surface area contributed by atoms with E-state index < -0.39 is 0 Å². The Morgan fingerprint density at radius 1 is 1.40 bits per heavy atom. The van der Waals surface area contributed by atoms with Gasteiger partial charge in [-0.05, 0) is 23.8 Å². The average molecular weight is 134 g/mol. The minimum absolute atomic E-state index is 0.203. The summed E-state index contributed by atoms with van der Waals surface area (Å²) in [6.07, 6.45) is 4.53. The minimum atomic E-state index is -0.203. The fraction of sp³-hybridized carbons (Fsp3) is 0. The molecule has 0 unspecified atom stereocenters. The zero-order valence-electron chi connectivity index (χ0n) is 5.19. The quantitative estimate of drug-likeness (QED) is 0.567. The summed E-state index contributed by atoms with van der Waals surface area (Å²) in [5, 5.41) is 0. The van der Waals surface area contributed by atoms with Crippen LogP contribution in [0.2, 0.25) is 0 Å². The van der Waals surface area contributed by atoms with E-state index in [1.165, 1.54) is 12.1 Å². The minimum Gasteiger partial charge on any atom is -0.359 e. The van der Waals surface area contributed by atoms with Gasteiger partial charge in [0, 0.05) is 11.8 Å². The molecule has 0 aromatic carbocycles. The van der Waals surface area contributed by atoms with Gasteiger partial charge in [-0.1, -0.05) is 0 Å². The monoisotopic (exact) mass is 134 g/mol. The third kappa shape index (κ3) is 0.692. The van der Waals surface area contributed by atoms with Crippen molar-refractivity contribution in [3.63, 3.8) is 0 Å². The lowest BCUT2D eigenvalue weighted by Gasteiger charge is -1.91. The standard InChI is InChI=1S/C8H5FN/c9-8-3-6-1-2-10-5-7(6)4-8/h1-4,10H. The van der Waals surface area contributed by atoms with E-state index in [0.717, 1.165) is 11.1 Å². The summed E-state index contributed by atoms with van der Waals surface area (Å²) in [4.78, 5) is 2.76. The second-order valence-electron chi connectivity index (χ2n) is 2.15. The van der Waals surface area contributed by atoms with E-state index in [4.69, 9.17) is 0 Å². The number of halogens is 1. The van der Waals surface area contributed by atoms with Gasteiger partial charge in [-0.3, -0.25) is 0 Å². The van der Waals surface area contributed by atoms with E-state index in [9.17, 15) is 4.39 Å². The molecule has 10 heavy (non-hydrogen) atoms. The highest BCUT2D eigenvalue weighted by Gasteiger charge is 2.03. The lowest BCUT2D eigenvalue weighted by Crippen LogP contribution is -1.73. The Morgan fingerprint density at radius 3 is 3.10 bits per heavy atom. The summed E-state index contributed by atoms with van der Waals surface area (Å²) in [5.74, 6) is -0.203. The van der Waals surface area contributed by atoms with Gasteiger partial charge in [-0.2, -0.15) is 0 Å². The maximum atomic E-state index is 12.5. The number of rotatable bonds is 0. The second kappa shape index (κ2) is 1.84. The number of aromatic nitrogens is 1. The van der Waals surface area contributed by atoms with Crippen LogP contribution in [0.3, 0.4) is 0 Å². The van der Waals surface area contributed by atoms with E-state index in [1.54, 1.807) is 6.20 Å². The maximum Gasteiger partial charge on any atom is 0.124 e. The molecule has 0 spiro atoms. The number of aromatic amines is 1. The van der Waals surface area contributed by atoms with Crippen LogP contribution >= 0.6 is 0 Å². The molecule has 0 aromatic heterocycles. The molecule has 2 heteroatoms. The molecule has 2 aliphatic rings. The number of pyridine rings is 1. The molecule has 0 saturated heterocycles. The van der Waals surface area contributed by atoms with Gasteiger partial charge in [0.05, 0.1) is 6.20 Å². The fourth-order valence-electron chi connectivity index (χ4n) is 0.986. The van der Waals surface area contributed by atoms with Crippen molar-refractivity contribution in [1.82, 2.24) is 4.98 Å². The average Bonchev–Trinajstić information content (AvgIpc) is 2.27. The first-order chi connectivity index (χ1) is 4.86. The number of hydrogen-bond donors (Lipinski definition) is 1. The summed E-state index contributed by atoms with van der Waals surface area (Å²) in [7, 11) is 0. The van der Waals surface area contributed by atoms with Crippen LogP contribution in [0.15, 0.2) is 24.4 Å². The van der Waals surface area contributed by atoms with Crippen molar-refractivity contribution in [2.45, 2.75) is 0 Å². The maximum absolute atomic E-state index is 12.5. The molecule has 1 aliphatic heterocycles. The number of hydrogen-bond acceptors (Lipinski definition) is 0. The number of H-pyrrole nitrogens is 1. The van der Waals surface area contributed by atoms with Gasteiger partial charge in [-0.15, -0.1) is 0 Å². The molecule has 0 bridgehead atoms. The Balaban J connectivity index is 2.76. The molecule has 1 radical (unpaired) electrons. The van der Waals surface area contributed by atoms with Crippen LogP contribution in [-0.2, 0) is 0 Å². The summed E-state index contributed by atoms with van der Waals surface area (Å²) in [6.45, 7) is 0. The van der Waals surface area contributed by atoms with Crippen LogP contribution in [0.1, 0.15) is 0 Å². The van der Waals surface area contributed by atoms with Gasteiger partial charge in [0.25, 0.3) is 0 Å². The first kappa shape index (κ1) is 5.47. The Bertz CT molecular complexity index is 283. The Kier molecular flexibility index (Phi) is 1.01. The van der Waals surface area contributed by atoms with Crippen LogP contribution in [-0.4, -0.2) is 4.98 Å². The molecular weight excluding hydrogens is 129 g/mol. The van der Waals surface area contributed by atoms with E-state index in [-0.39, 0.29) is 5.82 Å². The van der Waals surface area contributed by atoms with Crippen LogP contribution in [0, 0.1) is 12.0 Å². The predicted molar refractivity (Wildman–Crippen MR) is 36.2 cm³/mol. The van der Waals surface area contributed by atoms with E-state index in [1.807, 2.05) is 6.07 Å². The Labute approximate surface area is 57.8 Å². The van der Waals surface area contributed by atoms with Crippen molar-refractivity contribution in [3.05, 3.63) is 36.4 Å². The molecule has 0 atom stereocenters. The van der Waals surface area contributed by atoms with Gasteiger partial charge >= 0.3 is 0 Å². The topological polar surface area (TPSA) is 15.8 Å². The molecule has 0 saturated carbocycles. The normalized spacial score (nSPS) is 10.5. The molecule has 0 amide bonds. The SMILES string of the molecule is Fc1cc2[c][nH]ccc-2c1. The van der Waals surface area contributed by atoms with Crippen LogP contribution in [0.5, 0.6) is 0 Å². The molecule has 49 valence electrons. The van der Waals surface area contributed by atoms with E-state index in [2.05, 4.69) is 11.2 Å². The molecule has 0 aromatic rings. The first-order valence-electron chi connectivity index (χ1n) is 3.00. The summed E-state index contributed by atoms with van der Waals surface area (Å²) < 4.78 is 12.5. The van der Waals surface area contributed by atoms with Crippen LogP contribution in [0.4, 0.5) is 4.39 Å². The summed E-state index contributed by atoms with van der Waals surface area (Å²) in [6, 6.07) is 4.75. The number of fused-ring (bicyclic) bond motifs is 1. The van der Waals surface area contributed by atoms with Crippen molar-refractivity contribution in [1.29, 1.82) is 0 Å². The molecular formula is C8H5FN. The molecule has 1 N–H and O–H groups in total. The van der Waals surface area contributed by atoms with E-state index in [0.29, 0.717) is 0 Å². The summed E-state index contributed by atoms with van der Waals surface area (Å²) in [5.41, 5.74) is 1.68. The van der Waals surface area contributed by atoms with Crippen molar-refractivity contribution >= 4 is 0 Å². The third-order valence-electron chi connectivity index (χ3n) is 1.44. The highest BCUT2D eigenvalue weighted by atomic mass is 19.1. The smallest absolute Gasteiger partial charge is 0.124 e. The van der Waals surface area contributed by atoms with Gasteiger partial charge < -0.3 is 4.98 Å². The highest BCUT2D eigenvalue weighted by Crippen LogP contribution is 2.22. The first-order valence-corrected chi connectivity index (χ1v) is 3.00. The van der Waals surface area contributed by atoms with Gasteiger partial charge in [0.1, 0.15) is 5.82 Å². The highest BCUT2D eigenvalue weighted by molar-refractivity contribution is 5.64. The summed E-state index contributed by atoms with van der Waals surface area (Å²) >= 11 is 0. The van der Waals surface area contributed by atoms with Crippen molar-refractivity contribution < 1.29 is 4.39 Å². The Morgan fingerprint density at radius 2 is 2.30 bits per heavy atom. The molecule has 1 heterocycles. The number of nitrogens with one attached hydrogen (secondary N) is 1. The third-order valence-corrected chi connectivity index (χ3v) is 1.44. The molecule has 2 rings (SSSR count). The van der Waals surface area contributed by atoms with Crippen molar-refractivity contribution in [3.8, 4) is 11.1 Å². The Hall–Kier alpha value is -1.31. The fourth-order valence-corrected chi connectivity index (χ4v) is 0.986. The lowest BCUT2D eigenvalue weighted by atomic mass is 10.2. The van der Waals surface area contributed by atoms with Crippen molar-refractivity contribution in [2.24, 2.45) is 0 Å². The van der Waals surface area contributed by atoms with Gasteiger partial charge in [0.15, 0.2) is 0 Å². The molecule has 0 fully saturated rings. The van der Waals surface area contributed by atoms with Crippen LogP contribution < -0.4 is 0 Å². The second-order valence-corrected chi connectivity index (χ2v) is 2.15. The van der Waals surface area contributed by atoms with Gasteiger partial charge in [0.2, 0.25) is 0 Å².